The highest BCUT2D eigenvalue weighted by Gasteiger charge is 2.23. The number of pyridine rings is 1. The number of H-pyrrole nitrogens is 1. The van der Waals surface area contributed by atoms with Gasteiger partial charge in [0.25, 0.3) is 5.91 Å². The highest BCUT2D eigenvalue weighted by molar-refractivity contribution is 6.35. The van der Waals surface area contributed by atoms with Gasteiger partial charge < -0.3 is 15.0 Å². The minimum Gasteiger partial charge on any atom is -0.491 e. The highest BCUT2D eigenvalue weighted by atomic mass is 35.5. The van der Waals surface area contributed by atoms with Gasteiger partial charge >= 0.3 is 0 Å². The van der Waals surface area contributed by atoms with Crippen LogP contribution in [-0.2, 0) is 0 Å². The van der Waals surface area contributed by atoms with Gasteiger partial charge in [-0.2, -0.15) is 0 Å². The summed E-state index contributed by atoms with van der Waals surface area (Å²) in [6, 6.07) is 7.44. The lowest BCUT2D eigenvalue weighted by Crippen LogP contribution is -2.12. The molecule has 0 aliphatic heterocycles. The Labute approximate surface area is 159 Å². The molecule has 3 aromatic rings. The first-order valence-electron chi connectivity index (χ1n) is 8.06. The first-order chi connectivity index (χ1) is 13.0. The average molecular weight is 388 g/mol. The fraction of sp³-hybridized carbons (Fsp3) is 0.105. The fourth-order valence-corrected chi connectivity index (χ4v) is 2.68. The number of ketones is 1. The Morgan fingerprint density at radius 3 is 2.85 bits per heavy atom. The van der Waals surface area contributed by atoms with Crippen molar-refractivity contribution in [3.8, 4) is 5.75 Å². The summed E-state index contributed by atoms with van der Waals surface area (Å²) in [6.07, 6.45) is 4.39. The molecule has 0 atom stereocenters. The number of aromatic amines is 1. The Balaban J connectivity index is 1.85. The Morgan fingerprint density at radius 1 is 1.33 bits per heavy atom. The number of hydrogen-bond donors (Lipinski definition) is 2. The lowest BCUT2D eigenvalue weighted by Gasteiger charge is -2.09. The molecule has 138 valence electrons. The van der Waals surface area contributed by atoms with Crippen LogP contribution in [0.3, 0.4) is 0 Å². The van der Waals surface area contributed by atoms with E-state index in [1.54, 1.807) is 25.3 Å². The number of hydrogen-bond acceptors (Lipinski definition) is 4. The summed E-state index contributed by atoms with van der Waals surface area (Å²) in [4.78, 5) is 31.6. The van der Waals surface area contributed by atoms with Crippen LogP contribution in [0.25, 0.3) is 0 Å². The first kappa shape index (κ1) is 18.6. The molecule has 0 unspecified atom stereocenters. The van der Waals surface area contributed by atoms with Crippen LogP contribution in [0.5, 0.6) is 5.75 Å². The molecule has 0 aliphatic carbocycles. The van der Waals surface area contributed by atoms with E-state index in [4.69, 9.17) is 16.3 Å². The molecule has 0 aliphatic rings. The Kier molecular flexibility index (Phi) is 5.52. The molecule has 0 bridgehead atoms. The largest absolute Gasteiger partial charge is 0.491 e. The molecule has 2 N–H and O–H groups in total. The number of nitrogens with one attached hydrogen (secondary N) is 2. The van der Waals surface area contributed by atoms with Gasteiger partial charge in [0.2, 0.25) is 0 Å². The quantitative estimate of drug-likeness (QED) is 0.624. The highest BCUT2D eigenvalue weighted by Crippen LogP contribution is 2.29. The van der Waals surface area contributed by atoms with E-state index in [1.807, 2.05) is 0 Å². The summed E-state index contributed by atoms with van der Waals surface area (Å²) in [6.45, 7) is 1.95. The van der Waals surface area contributed by atoms with E-state index >= 15 is 0 Å². The maximum atomic E-state index is 14.6. The summed E-state index contributed by atoms with van der Waals surface area (Å²) >= 11 is 6.01. The number of rotatable bonds is 6. The molecule has 1 amide bonds. The number of benzene rings is 1. The van der Waals surface area contributed by atoms with E-state index in [9.17, 15) is 14.0 Å². The minimum absolute atomic E-state index is 0.0384. The molecular weight excluding hydrogens is 373 g/mol. The molecule has 0 radical (unpaired) electrons. The van der Waals surface area contributed by atoms with Gasteiger partial charge in [0.1, 0.15) is 5.69 Å². The van der Waals surface area contributed by atoms with Crippen LogP contribution in [0.4, 0.5) is 10.1 Å². The molecule has 0 spiro atoms. The zero-order valence-corrected chi connectivity index (χ0v) is 15.0. The van der Waals surface area contributed by atoms with Gasteiger partial charge in [-0.1, -0.05) is 11.6 Å². The van der Waals surface area contributed by atoms with Crippen molar-refractivity contribution in [2.24, 2.45) is 0 Å². The molecule has 0 saturated heterocycles. The number of nitrogens with zero attached hydrogens (tertiary/aromatic N) is 1. The van der Waals surface area contributed by atoms with Crippen LogP contribution in [0, 0.1) is 5.82 Å². The van der Waals surface area contributed by atoms with E-state index in [0.29, 0.717) is 5.69 Å². The molecule has 6 nitrogen and oxygen atoms in total. The van der Waals surface area contributed by atoms with Gasteiger partial charge in [0, 0.05) is 18.0 Å². The number of anilines is 1. The Morgan fingerprint density at radius 2 is 2.15 bits per heavy atom. The van der Waals surface area contributed by atoms with Gasteiger partial charge in [0.05, 0.1) is 29.1 Å². The molecule has 27 heavy (non-hydrogen) atoms. The van der Waals surface area contributed by atoms with Crippen molar-refractivity contribution in [1.82, 2.24) is 9.97 Å². The van der Waals surface area contributed by atoms with E-state index in [2.05, 4.69) is 15.3 Å². The van der Waals surface area contributed by atoms with Gasteiger partial charge in [-0.15, -0.1) is 0 Å². The number of amides is 1. The Bertz CT molecular complexity index is 989. The lowest BCUT2D eigenvalue weighted by atomic mass is 10.0. The minimum atomic E-state index is -0.836. The maximum absolute atomic E-state index is 14.6. The topological polar surface area (TPSA) is 84.1 Å². The third kappa shape index (κ3) is 3.98. The second kappa shape index (κ2) is 8.01. The molecule has 8 heteroatoms. The van der Waals surface area contributed by atoms with E-state index in [-0.39, 0.29) is 34.2 Å². The third-order valence-electron chi connectivity index (χ3n) is 3.69. The molecule has 0 saturated carbocycles. The van der Waals surface area contributed by atoms with Gasteiger partial charge in [0.15, 0.2) is 17.3 Å². The summed E-state index contributed by atoms with van der Waals surface area (Å²) in [5, 5.41) is 2.60. The predicted molar refractivity (Wildman–Crippen MR) is 99.0 cm³/mol. The van der Waals surface area contributed by atoms with Crippen molar-refractivity contribution >= 4 is 29.0 Å². The second-order valence-electron chi connectivity index (χ2n) is 5.49. The number of ether oxygens (including phenoxy) is 1. The predicted octanol–water partition coefficient (Wildman–Crippen LogP) is 4.08. The fourth-order valence-electron chi connectivity index (χ4n) is 2.44. The van der Waals surface area contributed by atoms with Crippen LogP contribution < -0.4 is 10.1 Å². The van der Waals surface area contributed by atoms with Gasteiger partial charge in [-0.25, -0.2) is 4.39 Å². The van der Waals surface area contributed by atoms with Crippen molar-refractivity contribution < 1.29 is 18.7 Å². The molecule has 0 fully saturated rings. The lowest BCUT2D eigenvalue weighted by molar-refractivity contribution is 0.102. The standard InChI is InChI=1S/C19H15ClFN3O3/c1-2-27-15-6-5-13(20)16(17(15)21)18(25)11-8-14(23-9-11)19(26)24-12-4-3-7-22-10-12/h3-10,23H,2H2,1H3,(H,24,26). The number of halogens is 2. The summed E-state index contributed by atoms with van der Waals surface area (Å²) < 4.78 is 19.7. The van der Waals surface area contributed by atoms with Crippen LogP contribution in [0.1, 0.15) is 33.3 Å². The van der Waals surface area contributed by atoms with E-state index < -0.39 is 17.5 Å². The van der Waals surface area contributed by atoms with E-state index in [0.717, 1.165) is 0 Å². The van der Waals surface area contributed by atoms with Crippen LogP contribution in [-0.4, -0.2) is 28.3 Å². The normalized spacial score (nSPS) is 10.5. The average Bonchev–Trinajstić information content (AvgIpc) is 3.15. The first-order valence-corrected chi connectivity index (χ1v) is 8.44. The maximum Gasteiger partial charge on any atom is 0.272 e. The van der Waals surface area contributed by atoms with Crippen LogP contribution >= 0.6 is 11.6 Å². The second-order valence-corrected chi connectivity index (χ2v) is 5.90. The number of carbonyl (C=O) groups is 2. The SMILES string of the molecule is CCOc1ccc(Cl)c(C(=O)c2c[nH]c(C(=O)Nc3cccnc3)c2)c1F. The molecule has 2 heterocycles. The van der Waals surface area contributed by atoms with Crippen LogP contribution in [0.2, 0.25) is 5.02 Å². The van der Waals surface area contributed by atoms with Crippen molar-refractivity contribution in [3.63, 3.8) is 0 Å². The van der Waals surface area contributed by atoms with Crippen molar-refractivity contribution in [2.45, 2.75) is 6.92 Å². The number of aromatic nitrogens is 2. The van der Waals surface area contributed by atoms with Crippen molar-refractivity contribution in [2.75, 3.05) is 11.9 Å². The summed E-state index contributed by atoms with van der Waals surface area (Å²) in [7, 11) is 0. The third-order valence-corrected chi connectivity index (χ3v) is 4.01. The molecular formula is C19H15ClFN3O3. The Hall–Kier alpha value is -3.19. The van der Waals surface area contributed by atoms with Gasteiger partial charge in [-0.3, -0.25) is 14.6 Å². The van der Waals surface area contributed by atoms with Crippen molar-refractivity contribution in [3.05, 3.63) is 76.6 Å². The summed E-state index contributed by atoms with van der Waals surface area (Å²) in [5.74, 6) is -2.01. The van der Waals surface area contributed by atoms with E-state index in [1.165, 1.54) is 30.6 Å². The zero-order chi connectivity index (χ0) is 19.4. The smallest absolute Gasteiger partial charge is 0.272 e. The van der Waals surface area contributed by atoms with Crippen molar-refractivity contribution in [1.29, 1.82) is 0 Å². The zero-order valence-electron chi connectivity index (χ0n) is 14.3. The molecule has 3 rings (SSSR count). The number of carbonyl (C=O) groups excluding carboxylic acids is 2. The molecule has 2 aromatic heterocycles. The van der Waals surface area contributed by atoms with Crippen LogP contribution in [0.15, 0.2) is 48.9 Å². The summed E-state index contributed by atoms with van der Waals surface area (Å²) in [5.41, 5.74) is 0.435. The monoisotopic (exact) mass is 387 g/mol. The molecule has 1 aromatic carbocycles. The van der Waals surface area contributed by atoms with Gasteiger partial charge in [-0.05, 0) is 37.3 Å².